The topological polar surface area (TPSA) is 63.3 Å². The zero-order valence-electron chi connectivity index (χ0n) is 5.63. The molecule has 1 unspecified atom stereocenters. The van der Waals surface area contributed by atoms with E-state index in [2.05, 4.69) is 11.8 Å². The smallest absolute Gasteiger partial charge is 0.321 e. The molecular formula is C6H10ClNO2. The zero-order valence-corrected chi connectivity index (χ0v) is 6.44. The molecule has 0 fully saturated rings. The van der Waals surface area contributed by atoms with Crippen molar-refractivity contribution >= 4 is 18.4 Å². The molecule has 0 rings (SSSR count). The van der Waals surface area contributed by atoms with Crippen LogP contribution in [-0.4, -0.2) is 17.1 Å². The molecule has 0 saturated carbocycles. The SMILES string of the molecule is CC#CCC(N)C(=O)O.Cl. The van der Waals surface area contributed by atoms with Gasteiger partial charge in [0.2, 0.25) is 0 Å². The second kappa shape index (κ2) is 6.40. The highest BCUT2D eigenvalue weighted by atomic mass is 35.5. The Kier molecular flexibility index (Phi) is 7.68. The predicted molar refractivity (Wildman–Crippen MR) is 40.9 cm³/mol. The van der Waals surface area contributed by atoms with Gasteiger partial charge in [0, 0.05) is 6.42 Å². The molecule has 4 heteroatoms. The van der Waals surface area contributed by atoms with Gasteiger partial charge in [0.15, 0.2) is 0 Å². The lowest BCUT2D eigenvalue weighted by Crippen LogP contribution is -2.29. The van der Waals surface area contributed by atoms with E-state index >= 15 is 0 Å². The van der Waals surface area contributed by atoms with E-state index in [-0.39, 0.29) is 18.8 Å². The predicted octanol–water partition coefficient (Wildman–Crippen LogP) is 0.234. The van der Waals surface area contributed by atoms with Crippen molar-refractivity contribution in [2.24, 2.45) is 5.73 Å². The van der Waals surface area contributed by atoms with Gasteiger partial charge in [-0.05, 0) is 6.92 Å². The second-order valence-electron chi connectivity index (χ2n) is 1.58. The summed E-state index contributed by atoms with van der Waals surface area (Å²) < 4.78 is 0. The molecule has 0 aromatic rings. The van der Waals surface area contributed by atoms with E-state index in [1.54, 1.807) is 6.92 Å². The van der Waals surface area contributed by atoms with Crippen molar-refractivity contribution in [3.63, 3.8) is 0 Å². The van der Waals surface area contributed by atoms with Crippen LogP contribution < -0.4 is 5.73 Å². The number of carboxylic acid groups (broad SMARTS) is 1. The fourth-order valence-corrected chi connectivity index (χ4v) is 0.299. The fraction of sp³-hybridized carbons (Fsp3) is 0.500. The molecule has 0 saturated heterocycles. The third-order valence-electron chi connectivity index (χ3n) is 0.816. The Balaban J connectivity index is 0. The number of hydrogen-bond acceptors (Lipinski definition) is 2. The Morgan fingerprint density at radius 1 is 1.80 bits per heavy atom. The molecule has 0 radical (unpaired) electrons. The Labute approximate surface area is 66.0 Å². The first-order valence-electron chi connectivity index (χ1n) is 2.56. The maximum absolute atomic E-state index is 10.0. The van der Waals surface area contributed by atoms with Crippen LogP contribution in [0.4, 0.5) is 0 Å². The normalized spacial score (nSPS) is 10.2. The molecule has 0 aliphatic carbocycles. The van der Waals surface area contributed by atoms with Crippen LogP contribution in [0.2, 0.25) is 0 Å². The molecular weight excluding hydrogens is 154 g/mol. The molecule has 0 aromatic heterocycles. The zero-order chi connectivity index (χ0) is 7.28. The molecule has 3 N–H and O–H groups in total. The Morgan fingerprint density at radius 2 is 2.30 bits per heavy atom. The van der Waals surface area contributed by atoms with E-state index in [0.717, 1.165) is 0 Å². The van der Waals surface area contributed by atoms with E-state index < -0.39 is 12.0 Å². The third-order valence-corrected chi connectivity index (χ3v) is 0.816. The lowest BCUT2D eigenvalue weighted by atomic mass is 10.2. The molecule has 58 valence electrons. The monoisotopic (exact) mass is 163 g/mol. The third kappa shape index (κ3) is 5.42. The van der Waals surface area contributed by atoms with Gasteiger partial charge in [-0.25, -0.2) is 0 Å². The number of rotatable bonds is 2. The number of nitrogens with two attached hydrogens (primary N) is 1. The summed E-state index contributed by atoms with van der Waals surface area (Å²) in [6.07, 6.45) is 0.228. The second-order valence-corrected chi connectivity index (χ2v) is 1.58. The lowest BCUT2D eigenvalue weighted by Gasteiger charge is -1.97. The van der Waals surface area contributed by atoms with Crippen molar-refractivity contribution in [3.8, 4) is 11.8 Å². The van der Waals surface area contributed by atoms with E-state index in [9.17, 15) is 4.79 Å². The van der Waals surface area contributed by atoms with Gasteiger partial charge >= 0.3 is 5.97 Å². The van der Waals surface area contributed by atoms with Gasteiger partial charge in [0.05, 0.1) is 0 Å². The molecule has 0 spiro atoms. The average molecular weight is 164 g/mol. The maximum atomic E-state index is 10.0. The summed E-state index contributed by atoms with van der Waals surface area (Å²) in [5, 5.41) is 8.22. The van der Waals surface area contributed by atoms with Crippen LogP contribution >= 0.6 is 12.4 Å². The van der Waals surface area contributed by atoms with Crippen molar-refractivity contribution in [3.05, 3.63) is 0 Å². The minimum Gasteiger partial charge on any atom is -0.480 e. The summed E-state index contributed by atoms with van der Waals surface area (Å²) >= 11 is 0. The van der Waals surface area contributed by atoms with Crippen molar-refractivity contribution in [1.82, 2.24) is 0 Å². The maximum Gasteiger partial charge on any atom is 0.321 e. The Bertz CT molecular complexity index is 159. The number of carboxylic acids is 1. The van der Waals surface area contributed by atoms with Crippen LogP contribution in [-0.2, 0) is 4.79 Å². The van der Waals surface area contributed by atoms with Crippen molar-refractivity contribution in [1.29, 1.82) is 0 Å². The molecule has 0 amide bonds. The number of aliphatic carboxylic acids is 1. The summed E-state index contributed by atoms with van der Waals surface area (Å²) in [6.45, 7) is 1.65. The summed E-state index contributed by atoms with van der Waals surface area (Å²) in [5.74, 6) is 4.13. The van der Waals surface area contributed by atoms with Gasteiger partial charge in [-0.3, -0.25) is 4.79 Å². The molecule has 1 atom stereocenters. The fourth-order valence-electron chi connectivity index (χ4n) is 0.299. The van der Waals surface area contributed by atoms with Gasteiger partial charge in [0.25, 0.3) is 0 Å². The quantitative estimate of drug-likeness (QED) is 0.573. The molecule has 10 heavy (non-hydrogen) atoms. The summed E-state index contributed by atoms with van der Waals surface area (Å²) in [4.78, 5) is 10.0. The van der Waals surface area contributed by atoms with Crippen LogP contribution in [0.5, 0.6) is 0 Å². The minimum atomic E-state index is -1.00. The number of hydrogen-bond donors (Lipinski definition) is 2. The molecule has 3 nitrogen and oxygen atoms in total. The van der Waals surface area contributed by atoms with Crippen LogP contribution in [0.15, 0.2) is 0 Å². The first-order valence-corrected chi connectivity index (χ1v) is 2.56. The van der Waals surface area contributed by atoms with Crippen LogP contribution in [0.3, 0.4) is 0 Å². The minimum absolute atomic E-state index is 0. The summed E-state index contributed by atoms with van der Waals surface area (Å²) in [7, 11) is 0. The first kappa shape index (κ1) is 12.0. The molecule has 0 aromatic carbocycles. The average Bonchev–Trinajstić information content (AvgIpc) is 1.82. The summed E-state index contributed by atoms with van der Waals surface area (Å²) in [6, 6.07) is -0.836. The van der Waals surface area contributed by atoms with E-state index in [0.29, 0.717) is 0 Å². The highest BCUT2D eigenvalue weighted by Crippen LogP contribution is 1.83. The lowest BCUT2D eigenvalue weighted by molar-refractivity contribution is -0.138. The van der Waals surface area contributed by atoms with Crippen molar-refractivity contribution < 1.29 is 9.90 Å². The van der Waals surface area contributed by atoms with E-state index in [1.165, 1.54) is 0 Å². The Hall–Kier alpha value is -0.720. The highest BCUT2D eigenvalue weighted by Gasteiger charge is 2.07. The van der Waals surface area contributed by atoms with Crippen LogP contribution in [0, 0.1) is 11.8 Å². The van der Waals surface area contributed by atoms with E-state index in [4.69, 9.17) is 10.8 Å². The van der Waals surface area contributed by atoms with Gasteiger partial charge in [-0.2, -0.15) is 0 Å². The van der Waals surface area contributed by atoms with Crippen LogP contribution in [0.25, 0.3) is 0 Å². The van der Waals surface area contributed by atoms with Gasteiger partial charge < -0.3 is 10.8 Å². The van der Waals surface area contributed by atoms with Crippen LogP contribution in [0.1, 0.15) is 13.3 Å². The summed E-state index contributed by atoms with van der Waals surface area (Å²) in [5.41, 5.74) is 5.10. The number of carbonyl (C=O) groups is 1. The molecule has 0 bridgehead atoms. The largest absolute Gasteiger partial charge is 0.480 e. The first-order chi connectivity index (χ1) is 4.18. The standard InChI is InChI=1S/C6H9NO2.ClH/c1-2-3-4-5(7)6(8)9;/h5H,4,7H2,1H3,(H,8,9);1H. The van der Waals surface area contributed by atoms with E-state index in [1.807, 2.05) is 0 Å². The molecule has 0 heterocycles. The van der Waals surface area contributed by atoms with Gasteiger partial charge in [-0.15, -0.1) is 24.2 Å². The van der Waals surface area contributed by atoms with Gasteiger partial charge in [-0.1, -0.05) is 0 Å². The molecule has 0 aliphatic rings. The highest BCUT2D eigenvalue weighted by molar-refractivity contribution is 5.85. The van der Waals surface area contributed by atoms with Crippen molar-refractivity contribution in [2.45, 2.75) is 19.4 Å². The number of halogens is 1. The van der Waals surface area contributed by atoms with Gasteiger partial charge in [0.1, 0.15) is 6.04 Å². The molecule has 0 aliphatic heterocycles. The Morgan fingerprint density at radius 3 is 2.60 bits per heavy atom. The van der Waals surface area contributed by atoms with Crippen molar-refractivity contribution in [2.75, 3.05) is 0 Å².